The Bertz CT molecular complexity index is 583. The van der Waals surface area contributed by atoms with E-state index in [4.69, 9.17) is 0 Å². The molecule has 1 aromatic carbocycles. The number of para-hydroxylation sites is 2. The van der Waals surface area contributed by atoms with Gasteiger partial charge in [-0.05, 0) is 31.5 Å². The van der Waals surface area contributed by atoms with E-state index in [1.807, 2.05) is 35.0 Å². The van der Waals surface area contributed by atoms with Crippen molar-refractivity contribution in [1.29, 1.82) is 0 Å². The summed E-state index contributed by atoms with van der Waals surface area (Å²) in [6.45, 7) is 1.02. The van der Waals surface area contributed by atoms with Crippen LogP contribution in [0.2, 0.25) is 0 Å². The van der Waals surface area contributed by atoms with E-state index in [2.05, 4.69) is 15.6 Å². The van der Waals surface area contributed by atoms with E-state index < -0.39 is 0 Å². The lowest BCUT2D eigenvalue weighted by Crippen LogP contribution is -2.27. The van der Waals surface area contributed by atoms with Gasteiger partial charge in [0.2, 0.25) is 5.91 Å². The molecule has 0 spiro atoms. The number of aromatic nitrogens is 2. The van der Waals surface area contributed by atoms with Crippen molar-refractivity contribution in [2.24, 2.45) is 0 Å². The van der Waals surface area contributed by atoms with Crippen molar-refractivity contribution in [3.63, 3.8) is 0 Å². The van der Waals surface area contributed by atoms with Gasteiger partial charge >= 0.3 is 0 Å². The molecular formula is C15H20Cl2N4O. The molecule has 0 bridgehead atoms. The van der Waals surface area contributed by atoms with Crippen LogP contribution in [0.3, 0.4) is 0 Å². The van der Waals surface area contributed by atoms with E-state index in [1.54, 1.807) is 12.5 Å². The van der Waals surface area contributed by atoms with Crippen LogP contribution in [-0.2, 0) is 4.79 Å². The summed E-state index contributed by atoms with van der Waals surface area (Å²) in [5, 5.41) is 6.34. The second-order valence-corrected chi connectivity index (χ2v) is 5.03. The van der Waals surface area contributed by atoms with Crippen molar-refractivity contribution in [2.45, 2.75) is 25.3 Å². The smallest absolute Gasteiger partial charge is 0.225 e. The summed E-state index contributed by atoms with van der Waals surface area (Å²) in [5.41, 5.74) is 1.74. The topological polar surface area (TPSA) is 59.0 Å². The Morgan fingerprint density at radius 1 is 1.36 bits per heavy atom. The lowest BCUT2D eigenvalue weighted by molar-refractivity contribution is -0.116. The Morgan fingerprint density at radius 3 is 2.86 bits per heavy atom. The lowest BCUT2D eigenvalue weighted by Gasteiger charge is -2.13. The first-order valence-electron chi connectivity index (χ1n) is 6.93. The Hall–Kier alpha value is -1.56. The molecule has 7 heteroatoms. The molecule has 5 nitrogen and oxygen atoms in total. The molecule has 1 atom stereocenters. The fourth-order valence-corrected chi connectivity index (χ4v) is 2.56. The minimum atomic E-state index is 0. The number of carbonyl (C=O) groups is 1. The van der Waals surface area contributed by atoms with Crippen molar-refractivity contribution in [3.8, 4) is 5.69 Å². The minimum Gasteiger partial charge on any atom is -0.324 e. The van der Waals surface area contributed by atoms with Crippen LogP contribution in [0.1, 0.15) is 19.3 Å². The molecule has 1 amide bonds. The standard InChI is InChI=1S/C15H18N4O.2ClH/c20-15(10-12-4-3-7-17-12)18-13-5-1-2-6-14(13)19-9-8-16-11-19;;/h1-2,5-6,8-9,11-12,17H,3-4,7,10H2,(H,18,20);2*1H. The third kappa shape index (κ3) is 4.47. The molecule has 3 rings (SSSR count). The molecule has 0 radical (unpaired) electrons. The fraction of sp³-hybridized carbons (Fsp3) is 0.333. The summed E-state index contributed by atoms with van der Waals surface area (Å²) in [6, 6.07) is 8.06. The van der Waals surface area contributed by atoms with E-state index in [1.165, 1.54) is 0 Å². The van der Waals surface area contributed by atoms with Crippen LogP contribution in [0.5, 0.6) is 0 Å². The SMILES string of the molecule is Cl.Cl.O=C(CC1CCCN1)Nc1ccccc1-n1ccnc1. The van der Waals surface area contributed by atoms with Gasteiger partial charge in [0, 0.05) is 24.9 Å². The Kier molecular flexibility index (Phi) is 7.38. The third-order valence-electron chi connectivity index (χ3n) is 3.55. The van der Waals surface area contributed by atoms with Gasteiger partial charge in [0.1, 0.15) is 0 Å². The number of carbonyl (C=O) groups excluding carboxylic acids is 1. The molecule has 2 aromatic rings. The van der Waals surface area contributed by atoms with Gasteiger partial charge in [-0.15, -0.1) is 24.8 Å². The van der Waals surface area contributed by atoms with E-state index in [0.717, 1.165) is 30.8 Å². The zero-order valence-electron chi connectivity index (χ0n) is 12.1. The molecule has 2 N–H and O–H groups in total. The zero-order chi connectivity index (χ0) is 13.8. The molecule has 22 heavy (non-hydrogen) atoms. The molecule has 1 aliphatic rings. The van der Waals surface area contributed by atoms with Crippen LogP contribution in [0.15, 0.2) is 43.0 Å². The maximum absolute atomic E-state index is 12.1. The van der Waals surface area contributed by atoms with Gasteiger partial charge in [0.15, 0.2) is 0 Å². The van der Waals surface area contributed by atoms with Crippen LogP contribution in [0, 0.1) is 0 Å². The molecule has 1 unspecified atom stereocenters. The molecule has 2 heterocycles. The summed E-state index contributed by atoms with van der Waals surface area (Å²) in [7, 11) is 0. The van der Waals surface area contributed by atoms with Gasteiger partial charge in [-0.1, -0.05) is 12.1 Å². The molecule has 1 saturated heterocycles. The van der Waals surface area contributed by atoms with E-state index in [9.17, 15) is 4.79 Å². The second-order valence-electron chi connectivity index (χ2n) is 5.03. The molecule has 1 aliphatic heterocycles. The highest BCUT2D eigenvalue weighted by atomic mass is 35.5. The molecule has 1 fully saturated rings. The highest BCUT2D eigenvalue weighted by Crippen LogP contribution is 2.20. The number of hydrogen-bond acceptors (Lipinski definition) is 3. The summed E-state index contributed by atoms with van der Waals surface area (Å²) in [6.07, 6.45) is 8.08. The summed E-state index contributed by atoms with van der Waals surface area (Å²) in [4.78, 5) is 16.2. The second kappa shape index (κ2) is 8.78. The minimum absolute atomic E-state index is 0. The van der Waals surface area contributed by atoms with Gasteiger partial charge in [-0.2, -0.15) is 0 Å². The Labute approximate surface area is 142 Å². The van der Waals surface area contributed by atoms with Crippen molar-refractivity contribution in [3.05, 3.63) is 43.0 Å². The van der Waals surface area contributed by atoms with Crippen molar-refractivity contribution in [1.82, 2.24) is 14.9 Å². The van der Waals surface area contributed by atoms with Gasteiger partial charge in [-0.3, -0.25) is 4.79 Å². The number of amides is 1. The van der Waals surface area contributed by atoms with Crippen molar-refractivity contribution >= 4 is 36.4 Å². The average Bonchev–Trinajstić information content (AvgIpc) is 3.11. The Morgan fingerprint density at radius 2 is 2.18 bits per heavy atom. The average molecular weight is 343 g/mol. The lowest BCUT2D eigenvalue weighted by atomic mass is 10.1. The maximum Gasteiger partial charge on any atom is 0.225 e. The number of nitrogens with one attached hydrogen (secondary N) is 2. The normalized spacial score (nSPS) is 16.5. The predicted octanol–water partition coefficient (Wildman–Crippen LogP) is 2.80. The first-order chi connectivity index (χ1) is 9.83. The van der Waals surface area contributed by atoms with Gasteiger partial charge in [-0.25, -0.2) is 4.98 Å². The first-order valence-corrected chi connectivity index (χ1v) is 6.93. The highest BCUT2D eigenvalue weighted by molar-refractivity contribution is 5.93. The fourth-order valence-electron chi connectivity index (χ4n) is 2.56. The van der Waals surface area contributed by atoms with E-state index >= 15 is 0 Å². The number of halogens is 2. The van der Waals surface area contributed by atoms with Gasteiger partial charge < -0.3 is 15.2 Å². The predicted molar refractivity (Wildman–Crippen MR) is 92.3 cm³/mol. The number of benzene rings is 1. The largest absolute Gasteiger partial charge is 0.324 e. The van der Waals surface area contributed by atoms with Gasteiger partial charge in [0.05, 0.1) is 17.7 Å². The first kappa shape index (κ1) is 18.5. The summed E-state index contributed by atoms with van der Waals surface area (Å²) < 4.78 is 1.89. The zero-order valence-corrected chi connectivity index (χ0v) is 13.7. The molecule has 1 aromatic heterocycles. The maximum atomic E-state index is 12.1. The van der Waals surface area contributed by atoms with Crippen LogP contribution >= 0.6 is 24.8 Å². The molecular weight excluding hydrogens is 323 g/mol. The van der Waals surface area contributed by atoms with E-state index in [0.29, 0.717) is 12.5 Å². The van der Waals surface area contributed by atoms with Crippen LogP contribution < -0.4 is 10.6 Å². The van der Waals surface area contributed by atoms with Crippen LogP contribution in [0.25, 0.3) is 5.69 Å². The number of nitrogens with zero attached hydrogens (tertiary/aromatic N) is 2. The third-order valence-corrected chi connectivity index (χ3v) is 3.55. The molecule has 0 saturated carbocycles. The quantitative estimate of drug-likeness (QED) is 0.898. The number of hydrogen-bond donors (Lipinski definition) is 2. The molecule has 0 aliphatic carbocycles. The van der Waals surface area contributed by atoms with Crippen molar-refractivity contribution in [2.75, 3.05) is 11.9 Å². The molecule has 120 valence electrons. The Balaban J connectivity index is 0.00000121. The van der Waals surface area contributed by atoms with Crippen LogP contribution in [-0.4, -0.2) is 28.0 Å². The van der Waals surface area contributed by atoms with Gasteiger partial charge in [0.25, 0.3) is 0 Å². The summed E-state index contributed by atoms with van der Waals surface area (Å²) in [5.74, 6) is 0.0527. The highest BCUT2D eigenvalue weighted by Gasteiger charge is 2.18. The summed E-state index contributed by atoms with van der Waals surface area (Å²) >= 11 is 0. The monoisotopic (exact) mass is 342 g/mol. The number of rotatable bonds is 4. The number of imidazole rings is 1. The van der Waals surface area contributed by atoms with Crippen molar-refractivity contribution < 1.29 is 4.79 Å². The van der Waals surface area contributed by atoms with E-state index in [-0.39, 0.29) is 30.7 Å². The number of anilines is 1. The van der Waals surface area contributed by atoms with Crippen LogP contribution in [0.4, 0.5) is 5.69 Å².